The molecule has 3 aliphatic rings. The molecule has 0 unspecified atom stereocenters. The molecule has 2 aromatic carbocycles. The Morgan fingerprint density at radius 3 is 2.56 bits per heavy atom. The number of carboxylic acid groups (broad SMARTS) is 1. The first-order valence-electron chi connectivity index (χ1n) is 14.4. The molecule has 3 fully saturated rings. The second-order valence-electron chi connectivity index (χ2n) is 12.2. The molecule has 7 nitrogen and oxygen atoms in total. The van der Waals surface area contributed by atoms with Gasteiger partial charge in [0.15, 0.2) is 0 Å². The number of anilines is 1. The van der Waals surface area contributed by atoms with Gasteiger partial charge in [0.25, 0.3) is 0 Å². The fourth-order valence-corrected chi connectivity index (χ4v) is 7.62. The second kappa shape index (κ2) is 10.4. The van der Waals surface area contributed by atoms with E-state index in [9.17, 15) is 9.90 Å². The maximum atomic E-state index is 11.6. The SMILES string of the molecule is Cn1cc(C(=O)O)c2ccc(N3CCC4(CC3)CC(COCc3c(-c5c(Cl)cccc5Cl)noc3C3CC3)C4)cc21. The number of hydrogen-bond acceptors (Lipinski definition) is 5. The van der Waals surface area contributed by atoms with E-state index in [1.807, 2.05) is 35.9 Å². The number of ether oxygens (including phenoxy) is 1. The molecule has 1 aliphatic heterocycles. The zero-order valence-electron chi connectivity index (χ0n) is 23.0. The molecule has 1 spiro atoms. The van der Waals surface area contributed by atoms with Gasteiger partial charge in [0, 0.05) is 61.1 Å². The summed E-state index contributed by atoms with van der Waals surface area (Å²) in [4.78, 5) is 14.0. The molecule has 0 atom stereocenters. The van der Waals surface area contributed by atoms with Crippen LogP contribution in [0.5, 0.6) is 0 Å². The minimum atomic E-state index is -0.887. The molecule has 4 aromatic rings. The molecular formula is C32H33Cl2N3O4. The van der Waals surface area contributed by atoms with Crippen molar-refractivity contribution >= 4 is 45.8 Å². The van der Waals surface area contributed by atoms with Crippen LogP contribution in [0.15, 0.2) is 47.1 Å². The summed E-state index contributed by atoms with van der Waals surface area (Å²) in [7, 11) is 1.91. The summed E-state index contributed by atoms with van der Waals surface area (Å²) < 4.78 is 14.0. The zero-order chi connectivity index (χ0) is 28.3. The van der Waals surface area contributed by atoms with Gasteiger partial charge in [0.2, 0.25) is 0 Å². The quantitative estimate of drug-likeness (QED) is 0.223. The van der Waals surface area contributed by atoms with Gasteiger partial charge < -0.3 is 23.8 Å². The van der Waals surface area contributed by atoms with Crippen molar-refractivity contribution in [1.82, 2.24) is 9.72 Å². The molecule has 1 N–H and O–H groups in total. The number of halogens is 2. The molecule has 0 radical (unpaired) electrons. The van der Waals surface area contributed by atoms with Gasteiger partial charge in [0.05, 0.1) is 27.7 Å². The van der Waals surface area contributed by atoms with E-state index in [1.165, 1.54) is 31.4 Å². The van der Waals surface area contributed by atoms with Crippen LogP contribution in [-0.4, -0.2) is 40.5 Å². The lowest BCUT2D eigenvalue weighted by Gasteiger charge is -2.52. The van der Waals surface area contributed by atoms with Crippen molar-refractivity contribution in [1.29, 1.82) is 0 Å². The van der Waals surface area contributed by atoms with Crippen LogP contribution < -0.4 is 4.90 Å². The fraction of sp³-hybridized carbons (Fsp3) is 0.438. The van der Waals surface area contributed by atoms with E-state index in [1.54, 1.807) is 6.20 Å². The van der Waals surface area contributed by atoms with Crippen LogP contribution in [0.4, 0.5) is 5.69 Å². The van der Waals surface area contributed by atoms with E-state index >= 15 is 0 Å². The Hall–Kier alpha value is -3.00. The van der Waals surface area contributed by atoms with Crippen molar-refractivity contribution in [2.75, 3.05) is 24.6 Å². The fourth-order valence-electron chi connectivity index (χ4n) is 7.05. The van der Waals surface area contributed by atoms with Gasteiger partial charge in [-0.3, -0.25) is 0 Å². The van der Waals surface area contributed by atoms with E-state index < -0.39 is 5.97 Å². The van der Waals surface area contributed by atoms with Crippen LogP contribution >= 0.6 is 23.2 Å². The van der Waals surface area contributed by atoms with E-state index in [4.69, 9.17) is 32.5 Å². The van der Waals surface area contributed by atoms with Gasteiger partial charge in [-0.05, 0) is 80.2 Å². The van der Waals surface area contributed by atoms with E-state index in [2.05, 4.69) is 22.2 Å². The molecule has 7 rings (SSSR count). The number of carbonyl (C=O) groups is 1. The summed E-state index contributed by atoms with van der Waals surface area (Å²) in [6.07, 6.45) is 8.65. The maximum absolute atomic E-state index is 11.6. The summed E-state index contributed by atoms with van der Waals surface area (Å²) in [5, 5.41) is 15.8. The number of piperidine rings is 1. The third-order valence-electron chi connectivity index (χ3n) is 9.40. The van der Waals surface area contributed by atoms with Crippen LogP contribution in [-0.2, 0) is 18.4 Å². The smallest absolute Gasteiger partial charge is 0.337 e. The van der Waals surface area contributed by atoms with Gasteiger partial charge in [-0.1, -0.05) is 34.4 Å². The number of fused-ring (bicyclic) bond motifs is 1. The third kappa shape index (κ3) is 4.92. The Balaban J connectivity index is 0.953. The Labute approximate surface area is 249 Å². The lowest BCUT2D eigenvalue weighted by molar-refractivity contribution is -0.0315. The number of rotatable bonds is 8. The summed E-state index contributed by atoms with van der Waals surface area (Å²) in [6, 6.07) is 11.6. The van der Waals surface area contributed by atoms with Crippen LogP contribution in [0.2, 0.25) is 10.0 Å². The predicted molar refractivity (Wildman–Crippen MR) is 160 cm³/mol. The van der Waals surface area contributed by atoms with Crippen molar-refractivity contribution in [2.45, 2.75) is 51.0 Å². The highest BCUT2D eigenvalue weighted by Gasteiger charge is 2.46. The van der Waals surface area contributed by atoms with Gasteiger partial charge in [-0.25, -0.2) is 4.79 Å². The number of carboxylic acids is 1. The highest BCUT2D eigenvalue weighted by Crippen LogP contribution is 2.53. The first kappa shape index (κ1) is 26.9. The number of aromatic nitrogens is 2. The minimum Gasteiger partial charge on any atom is -0.478 e. The minimum absolute atomic E-state index is 0.353. The molecule has 3 heterocycles. The molecule has 0 amide bonds. The Morgan fingerprint density at radius 1 is 1.15 bits per heavy atom. The normalized spacial score (nSPS) is 18.8. The average Bonchev–Trinajstić information content (AvgIpc) is 3.62. The topological polar surface area (TPSA) is 80.7 Å². The van der Waals surface area contributed by atoms with E-state index in [0.29, 0.717) is 50.7 Å². The largest absolute Gasteiger partial charge is 0.478 e. The second-order valence-corrected chi connectivity index (χ2v) is 13.0. The van der Waals surface area contributed by atoms with Crippen LogP contribution in [0.3, 0.4) is 0 Å². The maximum Gasteiger partial charge on any atom is 0.337 e. The number of hydrogen-bond donors (Lipinski definition) is 1. The molecule has 214 valence electrons. The molecule has 0 bridgehead atoms. The molecule has 41 heavy (non-hydrogen) atoms. The number of aryl methyl sites for hydroxylation is 1. The standard InChI is InChI=1S/C32H33Cl2N3O4/c1-36-16-23(31(38)39)22-8-7-21(13-27(22)36)37-11-9-32(10-12-37)14-19(15-32)17-40-18-24-29(35-41-30(24)20-5-6-20)28-25(33)3-2-4-26(28)34/h2-4,7-8,13,16,19-20H,5-6,9-12,14-15,17-18H2,1H3,(H,38,39). The number of aromatic carboxylic acids is 1. The lowest BCUT2D eigenvalue weighted by Crippen LogP contribution is -2.48. The van der Waals surface area contributed by atoms with Crippen molar-refractivity contribution in [3.63, 3.8) is 0 Å². The summed E-state index contributed by atoms with van der Waals surface area (Å²) in [5.74, 6) is 1.00. The Morgan fingerprint density at radius 2 is 1.88 bits per heavy atom. The van der Waals surface area contributed by atoms with Gasteiger partial charge in [-0.15, -0.1) is 0 Å². The average molecular weight is 595 g/mol. The van der Waals surface area contributed by atoms with E-state index in [-0.39, 0.29) is 0 Å². The van der Waals surface area contributed by atoms with Crippen molar-refractivity contribution in [3.05, 3.63) is 69.5 Å². The highest BCUT2D eigenvalue weighted by molar-refractivity contribution is 6.39. The third-order valence-corrected chi connectivity index (χ3v) is 10.0. The summed E-state index contributed by atoms with van der Waals surface area (Å²) >= 11 is 13.0. The molecule has 2 aromatic heterocycles. The predicted octanol–water partition coefficient (Wildman–Crippen LogP) is 7.93. The van der Waals surface area contributed by atoms with Gasteiger partial charge >= 0.3 is 5.97 Å². The summed E-state index contributed by atoms with van der Waals surface area (Å²) in [5.41, 5.74) is 5.28. The first-order valence-corrected chi connectivity index (χ1v) is 15.2. The van der Waals surface area contributed by atoms with Crippen LogP contribution in [0, 0.1) is 11.3 Å². The van der Waals surface area contributed by atoms with Crippen molar-refractivity contribution < 1.29 is 19.2 Å². The van der Waals surface area contributed by atoms with Crippen LogP contribution in [0.25, 0.3) is 22.2 Å². The van der Waals surface area contributed by atoms with Gasteiger partial charge in [0.1, 0.15) is 11.5 Å². The van der Waals surface area contributed by atoms with E-state index in [0.717, 1.165) is 54.8 Å². The first-order chi connectivity index (χ1) is 19.8. The molecule has 2 aliphatic carbocycles. The number of nitrogens with zero attached hydrogens (tertiary/aromatic N) is 3. The lowest BCUT2D eigenvalue weighted by atomic mass is 9.58. The molecule has 9 heteroatoms. The monoisotopic (exact) mass is 593 g/mol. The summed E-state index contributed by atoms with van der Waals surface area (Å²) in [6.45, 7) is 3.21. The Kier molecular flexibility index (Phi) is 6.80. The Bertz CT molecular complexity index is 1600. The van der Waals surface area contributed by atoms with Crippen LogP contribution in [0.1, 0.15) is 66.1 Å². The zero-order valence-corrected chi connectivity index (χ0v) is 24.5. The number of benzene rings is 2. The van der Waals surface area contributed by atoms with Gasteiger partial charge in [-0.2, -0.15) is 0 Å². The van der Waals surface area contributed by atoms with Crippen molar-refractivity contribution in [2.24, 2.45) is 18.4 Å². The highest BCUT2D eigenvalue weighted by atomic mass is 35.5. The molecule has 1 saturated heterocycles. The molecule has 2 saturated carbocycles. The van der Waals surface area contributed by atoms with Crippen molar-refractivity contribution in [3.8, 4) is 11.3 Å². The molecular weight excluding hydrogens is 561 g/mol.